The molecule has 2 N–H and O–H groups in total. The first-order chi connectivity index (χ1) is 14.6. The molecular formula is C24H28FN3O3. The Labute approximate surface area is 181 Å². The number of carbonyl (C=O) groups excluding carboxylic acids is 2. The van der Waals surface area contributed by atoms with Crippen molar-refractivity contribution in [3.63, 3.8) is 0 Å². The Kier molecular flexibility index (Phi) is 5.58. The molecule has 164 valence electrons. The number of halogens is 1. The van der Waals surface area contributed by atoms with E-state index in [9.17, 15) is 19.1 Å². The molecule has 0 bridgehead atoms. The van der Waals surface area contributed by atoms with Crippen LogP contribution >= 0.6 is 0 Å². The van der Waals surface area contributed by atoms with E-state index >= 15 is 0 Å². The summed E-state index contributed by atoms with van der Waals surface area (Å²) in [6, 6.07) is 10.4. The van der Waals surface area contributed by atoms with Gasteiger partial charge in [0, 0.05) is 36.3 Å². The third-order valence-electron chi connectivity index (χ3n) is 6.15. The van der Waals surface area contributed by atoms with Gasteiger partial charge in [-0.1, -0.05) is 6.07 Å². The molecule has 31 heavy (non-hydrogen) atoms. The zero-order valence-electron chi connectivity index (χ0n) is 18.1. The van der Waals surface area contributed by atoms with Crippen LogP contribution in [0, 0.1) is 5.82 Å². The Bertz CT molecular complexity index is 1000. The highest BCUT2D eigenvalue weighted by Crippen LogP contribution is 2.35. The van der Waals surface area contributed by atoms with Gasteiger partial charge in [-0.25, -0.2) is 4.39 Å². The summed E-state index contributed by atoms with van der Waals surface area (Å²) < 4.78 is 13.1. The monoisotopic (exact) mass is 425 g/mol. The maximum Gasteiger partial charge on any atom is 0.251 e. The molecule has 0 saturated carbocycles. The van der Waals surface area contributed by atoms with Crippen molar-refractivity contribution in [2.45, 2.75) is 44.9 Å². The Morgan fingerprint density at radius 1 is 1.13 bits per heavy atom. The van der Waals surface area contributed by atoms with Gasteiger partial charge in [0.1, 0.15) is 5.82 Å². The van der Waals surface area contributed by atoms with Crippen LogP contribution in [0.5, 0.6) is 0 Å². The van der Waals surface area contributed by atoms with Crippen LogP contribution in [-0.4, -0.2) is 53.1 Å². The molecule has 4 rings (SSSR count). The van der Waals surface area contributed by atoms with E-state index in [2.05, 4.69) is 31.0 Å². The zero-order valence-corrected chi connectivity index (χ0v) is 18.1. The number of hydrogen-bond acceptors (Lipinski definition) is 4. The third-order valence-corrected chi connectivity index (χ3v) is 6.15. The van der Waals surface area contributed by atoms with Crippen molar-refractivity contribution in [1.82, 2.24) is 10.2 Å². The molecule has 0 aromatic heterocycles. The molecule has 2 aliphatic rings. The second kappa shape index (κ2) is 8.05. The molecule has 2 atom stereocenters. The summed E-state index contributed by atoms with van der Waals surface area (Å²) in [6.07, 6.45) is -0.335. The number of benzene rings is 2. The summed E-state index contributed by atoms with van der Waals surface area (Å²) in [5.41, 5.74) is 2.78. The van der Waals surface area contributed by atoms with Gasteiger partial charge in [0.05, 0.1) is 18.7 Å². The Hall–Kier alpha value is -2.77. The fourth-order valence-corrected chi connectivity index (χ4v) is 4.29. The van der Waals surface area contributed by atoms with Crippen molar-refractivity contribution < 1.29 is 19.1 Å². The van der Waals surface area contributed by atoms with Gasteiger partial charge in [0.2, 0.25) is 5.91 Å². The minimum Gasteiger partial charge on any atom is -0.390 e. The van der Waals surface area contributed by atoms with Crippen molar-refractivity contribution in [2.75, 3.05) is 24.5 Å². The highest BCUT2D eigenvalue weighted by atomic mass is 19.1. The molecule has 1 saturated heterocycles. The molecule has 0 spiro atoms. The minimum atomic E-state index is -0.761. The highest BCUT2D eigenvalue weighted by Gasteiger charge is 2.35. The number of rotatable bonds is 3. The van der Waals surface area contributed by atoms with Crippen LogP contribution in [0.3, 0.4) is 0 Å². The van der Waals surface area contributed by atoms with Crippen molar-refractivity contribution in [3.05, 3.63) is 65.0 Å². The molecule has 2 amide bonds. The van der Waals surface area contributed by atoms with Gasteiger partial charge in [0.15, 0.2) is 0 Å². The number of nitrogens with zero attached hydrogens (tertiary/aromatic N) is 2. The smallest absolute Gasteiger partial charge is 0.251 e. The van der Waals surface area contributed by atoms with E-state index in [0.29, 0.717) is 25.1 Å². The van der Waals surface area contributed by atoms with E-state index in [-0.39, 0.29) is 17.4 Å². The number of carbonyl (C=O) groups is 2. The standard InChI is InChI=1S/C24H28FN3O3/c1-24(2,3)27-10-11-28(21(30)14-27)18-9-6-16-12-20(29)22(19(16)13-18)26-23(31)15-4-7-17(25)8-5-15/h4-9,13,20,22,29H,10-12,14H2,1-3H3,(H,26,31)/t20-,22-/m0/s1. The first-order valence-corrected chi connectivity index (χ1v) is 10.6. The van der Waals surface area contributed by atoms with Crippen LogP contribution in [0.1, 0.15) is 48.3 Å². The van der Waals surface area contributed by atoms with Gasteiger partial charge >= 0.3 is 0 Å². The number of piperazine rings is 1. The average Bonchev–Trinajstić information content (AvgIpc) is 3.02. The van der Waals surface area contributed by atoms with Gasteiger partial charge < -0.3 is 15.3 Å². The second-order valence-electron chi connectivity index (χ2n) is 9.25. The van der Waals surface area contributed by atoms with Crippen LogP contribution < -0.4 is 10.2 Å². The van der Waals surface area contributed by atoms with E-state index < -0.39 is 18.0 Å². The van der Waals surface area contributed by atoms with E-state index in [1.807, 2.05) is 18.2 Å². The lowest BCUT2D eigenvalue weighted by molar-refractivity contribution is -0.122. The maximum atomic E-state index is 13.1. The SMILES string of the molecule is CC(C)(C)N1CCN(c2ccc3c(c2)[C@H](NC(=O)c2ccc(F)cc2)[C@@H](O)C3)C(=O)C1. The lowest BCUT2D eigenvalue weighted by atomic mass is 10.0. The van der Waals surface area contributed by atoms with Crippen LogP contribution in [0.2, 0.25) is 0 Å². The summed E-state index contributed by atoms with van der Waals surface area (Å²) in [4.78, 5) is 29.4. The molecule has 0 unspecified atom stereocenters. The fourth-order valence-electron chi connectivity index (χ4n) is 4.29. The van der Waals surface area contributed by atoms with E-state index in [4.69, 9.17) is 0 Å². The summed E-state index contributed by atoms with van der Waals surface area (Å²) in [5, 5.41) is 13.4. The topological polar surface area (TPSA) is 72.9 Å². The van der Waals surface area contributed by atoms with E-state index in [1.165, 1.54) is 24.3 Å². The fraction of sp³-hybridized carbons (Fsp3) is 0.417. The van der Waals surface area contributed by atoms with Crippen LogP contribution in [0.4, 0.5) is 10.1 Å². The quantitative estimate of drug-likeness (QED) is 0.793. The van der Waals surface area contributed by atoms with Gasteiger partial charge in [-0.15, -0.1) is 0 Å². The molecule has 7 heteroatoms. The van der Waals surface area contributed by atoms with Crippen molar-refractivity contribution in [3.8, 4) is 0 Å². The van der Waals surface area contributed by atoms with Crippen LogP contribution in [0.15, 0.2) is 42.5 Å². The van der Waals surface area contributed by atoms with Gasteiger partial charge in [-0.05, 0) is 68.3 Å². The first-order valence-electron chi connectivity index (χ1n) is 10.6. The number of hydrogen-bond donors (Lipinski definition) is 2. The van der Waals surface area contributed by atoms with Crippen LogP contribution in [0.25, 0.3) is 0 Å². The van der Waals surface area contributed by atoms with Crippen molar-refractivity contribution >= 4 is 17.5 Å². The molecule has 2 aromatic carbocycles. The zero-order chi connectivity index (χ0) is 22.3. The molecule has 0 radical (unpaired) electrons. The van der Waals surface area contributed by atoms with Crippen LogP contribution in [-0.2, 0) is 11.2 Å². The van der Waals surface area contributed by atoms with Crippen molar-refractivity contribution in [2.24, 2.45) is 0 Å². The molecule has 1 heterocycles. The summed E-state index contributed by atoms with van der Waals surface area (Å²) in [6.45, 7) is 8.01. The number of anilines is 1. The van der Waals surface area contributed by atoms with Gasteiger partial charge in [-0.3, -0.25) is 14.5 Å². The number of nitrogens with one attached hydrogen (secondary N) is 1. The predicted octanol–water partition coefficient (Wildman–Crippen LogP) is 2.66. The molecule has 6 nitrogen and oxygen atoms in total. The lowest BCUT2D eigenvalue weighted by Gasteiger charge is -2.41. The lowest BCUT2D eigenvalue weighted by Crippen LogP contribution is -2.56. The number of aliphatic hydroxyl groups excluding tert-OH is 1. The summed E-state index contributed by atoms with van der Waals surface area (Å²) in [7, 11) is 0. The summed E-state index contributed by atoms with van der Waals surface area (Å²) >= 11 is 0. The Balaban J connectivity index is 1.54. The Morgan fingerprint density at radius 2 is 1.84 bits per heavy atom. The Morgan fingerprint density at radius 3 is 2.48 bits per heavy atom. The van der Waals surface area contributed by atoms with E-state index in [0.717, 1.165) is 23.4 Å². The van der Waals surface area contributed by atoms with E-state index in [1.54, 1.807) is 4.90 Å². The average molecular weight is 426 g/mol. The summed E-state index contributed by atoms with van der Waals surface area (Å²) in [5.74, 6) is -0.757. The molecule has 1 aliphatic heterocycles. The second-order valence-corrected chi connectivity index (χ2v) is 9.25. The minimum absolute atomic E-state index is 0.0339. The molecule has 1 fully saturated rings. The maximum absolute atomic E-state index is 13.1. The highest BCUT2D eigenvalue weighted by molar-refractivity contribution is 5.96. The van der Waals surface area contributed by atoms with Crippen molar-refractivity contribution in [1.29, 1.82) is 0 Å². The number of aliphatic hydroxyl groups is 1. The normalized spacial score (nSPS) is 21.8. The first kappa shape index (κ1) is 21.5. The third kappa shape index (κ3) is 4.34. The predicted molar refractivity (Wildman–Crippen MR) is 116 cm³/mol. The molecule has 1 aliphatic carbocycles. The number of fused-ring (bicyclic) bond motifs is 1. The number of amides is 2. The van der Waals surface area contributed by atoms with Gasteiger partial charge in [0.25, 0.3) is 5.91 Å². The molecule has 2 aromatic rings. The van der Waals surface area contributed by atoms with Gasteiger partial charge in [-0.2, -0.15) is 0 Å². The largest absolute Gasteiger partial charge is 0.390 e. The molecular weight excluding hydrogens is 397 g/mol.